The summed E-state index contributed by atoms with van der Waals surface area (Å²) in [4.78, 5) is 0. The molecule has 0 fully saturated rings. The standard InChI is InChI=1S/C12H18.C4H11N/c1-3-4-8-11(2)12-9-6-5-7-10-12;1-2-3-4-5/h5-7,9-11H,3-4,8H2,1-2H3;2-5H2,1H3. The van der Waals surface area contributed by atoms with Crippen LogP contribution >= 0.6 is 0 Å². The van der Waals surface area contributed by atoms with Gasteiger partial charge in [-0.3, -0.25) is 0 Å². The monoisotopic (exact) mass is 235 g/mol. The zero-order valence-electron chi connectivity index (χ0n) is 11.8. The Morgan fingerprint density at radius 1 is 1.00 bits per heavy atom. The fraction of sp³-hybridized carbons (Fsp3) is 0.625. The lowest BCUT2D eigenvalue weighted by molar-refractivity contribution is 0.624. The van der Waals surface area contributed by atoms with E-state index in [1.807, 2.05) is 0 Å². The number of unbranched alkanes of at least 4 members (excludes halogenated alkanes) is 2. The second kappa shape index (κ2) is 11.7. The largest absolute Gasteiger partial charge is 0.330 e. The first-order chi connectivity index (χ1) is 8.26. The van der Waals surface area contributed by atoms with Crippen molar-refractivity contribution in [2.75, 3.05) is 6.54 Å². The van der Waals surface area contributed by atoms with Gasteiger partial charge in [0.1, 0.15) is 0 Å². The summed E-state index contributed by atoms with van der Waals surface area (Å²) in [7, 11) is 0. The van der Waals surface area contributed by atoms with Gasteiger partial charge in [-0.05, 0) is 30.9 Å². The molecular weight excluding hydrogens is 206 g/mol. The molecule has 0 aliphatic heterocycles. The first-order valence-corrected chi connectivity index (χ1v) is 7.01. The summed E-state index contributed by atoms with van der Waals surface area (Å²) in [5.41, 5.74) is 6.62. The highest BCUT2D eigenvalue weighted by atomic mass is 14.5. The molecule has 1 heteroatoms. The Bertz CT molecular complexity index is 241. The maximum Gasteiger partial charge on any atom is -0.00774 e. The Morgan fingerprint density at radius 3 is 2.00 bits per heavy atom. The van der Waals surface area contributed by atoms with Crippen molar-refractivity contribution in [3.63, 3.8) is 0 Å². The topological polar surface area (TPSA) is 26.0 Å². The summed E-state index contributed by atoms with van der Waals surface area (Å²) < 4.78 is 0. The molecule has 0 aromatic heterocycles. The quantitative estimate of drug-likeness (QED) is 0.758. The second-order valence-corrected chi connectivity index (χ2v) is 4.60. The third-order valence-electron chi connectivity index (χ3n) is 2.92. The van der Waals surface area contributed by atoms with Crippen molar-refractivity contribution < 1.29 is 0 Å². The highest BCUT2D eigenvalue weighted by Gasteiger charge is 2.02. The number of hydrogen-bond donors (Lipinski definition) is 1. The van der Waals surface area contributed by atoms with E-state index in [1.165, 1.54) is 37.7 Å². The fourth-order valence-corrected chi connectivity index (χ4v) is 1.66. The van der Waals surface area contributed by atoms with Crippen LogP contribution in [-0.4, -0.2) is 6.54 Å². The summed E-state index contributed by atoms with van der Waals surface area (Å²) in [5, 5.41) is 0. The van der Waals surface area contributed by atoms with Gasteiger partial charge in [-0.25, -0.2) is 0 Å². The first-order valence-electron chi connectivity index (χ1n) is 7.01. The van der Waals surface area contributed by atoms with Crippen molar-refractivity contribution in [3.8, 4) is 0 Å². The fourth-order valence-electron chi connectivity index (χ4n) is 1.66. The molecule has 0 aliphatic rings. The van der Waals surface area contributed by atoms with Gasteiger partial charge in [0, 0.05) is 0 Å². The van der Waals surface area contributed by atoms with Crippen LogP contribution in [0.1, 0.15) is 64.4 Å². The van der Waals surface area contributed by atoms with Crippen LogP contribution in [0.15, 0.2) is 30.3 Å². The average Bonchev–Trinajstić information content (AvgIpc) is 2.38. The van der Waals surface area contributed by atoms with Gasteiger partial charge < -0.3 is 5.73 Å². The van der Waals surface area contributed by atoms with E-state index in [-0.39, 0.29) is 0 Å². The predicted molar refractivity (Wildman–Crippen MR) is 78.3 cm³/mol. The van der Waals surface area contributed by atoms with Crippen LogP contribution in [0.2, 0.25) is 0 Å². The highest BCUT2D eigenvalue weighted by molar-refractivity contribution is 5.18. The van der Waals surface area contributed by atoms with E-state index in [0.717, 1.165) is 12.5 Å². The van der Waals surface area contributed by atoms with Crippen LogP contribution in [0.4, 0.5) is 0 Å². The normalized spacial score (nSPS) is 11.5. The summed E-state index contributed by atoms with van der Waals surface area (Å²) in [6.07, 6.45) is 6.35. The van der Waals surface area contributed by atoms with E-state index in [9.17, 15) is 0 Å². The van der Waals surface area contributed by atoms with E-state index in [0.29, 0.717) is 0 Å². The van der Waals surface area contributed by atoms with Crippen LogP contribution in [-0.2, 0) is 0 Å². The van der Waals surface area contributed by atoms with Crippen LogP contribution in [0.25, 0.3) is 0 Å². The average molecular weight is 235 g/mol. The van der Waals surface area contributed by atoms with Gasteiger partial charge in [-0.2, -0.15) is 0 Å². The molecule has 0 radical (unpaired) electrons. The molecule has 0 heterocycles. The van der Waals surface area contributed by atoms with E-state index in [1.54, 1.807) is 0 Å². The minimum absolute atomic E-state index is 0.728. The van der Waals surface area contributed by atoms with Gasteiger partial charge in [0.05, 0.1) is 0 Å². The maximum atomic E-state index is 5.14. The van der Waals surface area contributed by atoms with Crippen LogP contribution in [0.5, 0.6) is 0 Å². The molecule has 1 aromatic rings. The molecule has 1 atom stereocenters. The highest BCUT2D eigenvalue weighted by Crippen LogP contribution is 2.20. The molecular formula is C16H29N. The van der Waals surface area contributed by atoms with Crippen molar-refractivity contribution in [3.05, 3.63) is 35.9 Å². The third kappa shape index (κ3) is 8.93. The Labute approximate surface area is 107 Å². The lowest BCUT2D eigenvalue weighted by Gasteiger charge is -2.10. The number of nitrogens with two attached hydrogens (primary N) is 1. The summed E-state index contributed by atoms with van der Waals surface area (Å²) in [6.45, 7) is 7.53. The Hall–Kier alpha value is -0.820. The lowest BCUT2D eigenvalue weighted by Crippen LogP contribution is -1.95. The van der Waals surface area contributed by atoms with E-state index in [2.05, 4.69) is 51.1 Å². The molecule has 98 valence electrons. The van der Waals surface area contributed by atoms with Crippen molar-refractivity contribution in [2.45, 2.75) is 58.8 Å². The molecule has 0 bridgehead atoms. The SMILES string of the molecule is CCCCC(C)c1ccccc1.CCCCN. The van der Waals surface area contributed by atoms with Crippen LogP contribution in [0.3, 0.4) is 0 Å². The molecule has 0 saturated heterocycles. The molecule has 1 rings (SSSR count). The van der Waals surface area contributed by atoms with Crippen LogP contribution in [0, 0.1) is 0 Å². The first kappa shape index (κ1) is 16.2. The number of benzene rings is 1. The molecule has 2 N–H and O–H groups in total. The summed E-state index contributed by atoms with van der Waals surface area (Å²) >= 11 is 0. The summed E-state index contributed by atoms with van der Waals surface area (Å²) in [6, 6.07) is 10.8. The van der Waals surface area contributed by atoms with Gasteiger partial charge in [-0.1, -0.05) is 70.4 Å². The van der Waals surface area contributed by atoms with E-state index in [4.69, 9.17) is 5.73 Å². The van der Waals surface area contributed by atoms with Crippen molar-refractivity contribution in [1.29, 1.82) is 0 Å². The Morgan fingerprint density at radius 2 is 1.59 bits per heavy atom. The Balaban J connectivity index is 0.000000437. The molecule has 0 aliphatic carbocycles. The lowest BCUT2D eigenvalue weighted by atomic mass is 9.96. The molecule has 0 spiro atoms. The van der Waals surface area contributed by atoms with Gasteiger partial charge in [0.25, 0.3) is 0 Å². The smallest absolute Gasteiger partial charge is 0.00774 e. The minimum atomic E-state index is 0.728. The molecule has 1 aromatic carbocycles. The maximum absolute atomic E-state index is 5.14. The molecule has 1 unspecified atom stereocenters. The molecule has 0 amide bonds. The second-order valence-electron chi connectivity index (χ2n) is 4.60. The zero-order chi connectivity index (χ0) is 12.9. The summed E-state index contributed by atoms with van der Waals surface area (Å²) in [5.74, 6) is 0.728. The van der Waals surface area contributed by atoms with Crippen LogP contribution < -0.4 is 5.73 Å². The molecule has 1 nitrogen and oxygen atoms in total. The number of rotatable bonds is 6. The number of hydrogen-bond acceptors (Lipinski definition) is 1. The molecule has 17 heavy (non-hydrogen) atoms. The van der Waals surface area contributed by atoms with Gasteiger partial charge >= 0.3 is 0 Å². The minimum Gasteiger partial charge on any atom is -0.330 e. The van der Waals surface area contributed by atoms with Crippen molar-refractivity contribution in [2.24, 2.45) is 5.73 Å². The van der Waals surface area contributed by atoms with E-state index >= 15 is 0 Å². The van der Waals surface area contributed by atoms with Gasteiger partial charge in [0.2, 0.25) is 0 Å². The van der Waals surface area contributed by atoms with Gasteiger partial charge in [-0.15, -0.1) is 0 Å². The van der Waals surface area contributed by atoms with Crippen molar-refractivity contribution in [1.82, 2.24) is 0 Å². The Kier molecular flexibility index (Phi) is 11.1. The predicted octanol–water partition coefficient (Wildman–Crippen LogP) is 4.73. The van der Waals surface area contributed by atoms with Gasteiger partial charge in [0.15, 0.2) is 0 Å². The zero-order valence-corrected chi connectivity index (χ0v) is 11.8. The molecule has 0 saturated carbocycles. The van der Waals surface area contributed by atoms with E-state index < -0.39 is 0 Å². The third-order valence-corrected chi connectivity index (χ3v) is 2.92. The van der Waals surface area contributed by atoms with Crippen molar-refractivity contribution >= 4 is 0 Å².